The van der Waals surface area contributed by atoms with Gasteiger partial charge < -0.3 is 10.2 Å². The number of nitrogens with zero attached hydrogens (tertiary/aromatic N) is 1. The predicted octanol–water partition coefficient (Wildman–Crippen LogP) is 3.49. The zero-order chi connectivity index (χ0) is 23.3. The Hall–Kier alpha value is -2.40. The van der Waals surface area contributed by atoms with Crippen molar-refractivity contribution < 1.29 is 42.2 Å². The number of thiol groups is 1. The summed E-state index contributed by atoms with van der Waals surface area (Å²) in [6.07, 6.45) is -1.59. The molecule has 1 heterocycles. The molecule has 6 nitrogen and oxygen atoms in total. The highest BCUT2D eigenvalue weighted by Crippen LogP contribution is 2.39. The number of carbonyl (C=O) groups excluding carboxylic acids is 1. The third-order valence-electron chi connectivity index (χ3n) is 4.87. The highest BCUT2D eigenvalue weighted by atomic mass is 32.1. The fourth-order valence-electron chi connectivity index (χ4n) is 3.23. The van der Waals surface area contributed by atoms with Crippen LogP contribution in [-0.2, 0) is 14.4 Å². The highest BCUT2D eigenvalue weighted by molar-refractivity contribution is 7.81. The van der Waals surface area contributed by atoms with Crippen LogP contribution in [0.5, 0.6) is 0 Å². The Morgan fingerprint density at radius 1 is 1.13 bits per heavy atom. The van der Waals surface area contributed by atoms with Crippen molar-refractivity contribution in [3.63, 3.8) is 0 Å². The van der Waals surface area contributed by atoms with Crippen LogP contribution in [0.3, 0.4) is 0 Å². The van der Waals surface area contributed by atoms with Crippen LogP contribution in [0, 0.1) is 11.7 Å². The van der Waals surface area contributed by atoms with E-state index >= 15 is 0 Å². The number of hydrogen-bond donors (Lipinski definition) is 3. The molecule has 2 fully saturated rings. The quantitative estimate of drug-likeness (QED) is 0.352. The number of alkyl halides is 3. The van der Waals surface area contributed by atoms with E-state index in [9.17, 15) is 27.2 Å². The first-order valence-electron chi connectivity index (χ1n) is 9.35. The lowest BCUT2D eigenvalue weighted by Gasteiger charge is -2.37. The molecule has 11 heteroatoms. The average Bonchev–Trinajstić information content (AvgIpc) is 3.50. The Balaban J connectivity index is 0.000000423. The Kier molecular flexibility index (Phi) is 8.24. The normalized spacial score (nSPS) is 21.7. The molecule has 170 valence electrons. The summed E-state index contributed by atoms with van der Waals surface area (Å²) in [4.78, 5) is 34.6. The summed E-state index contributed by atoms with van der Waals surface area (Å²) in [6, 6.07) is 5.69. The lowest BCUT2D eigenvalue weighted by Crippen LogP contribution is -2.42. The number of benzene rings is 1. The number of halogens is 4. The number of hydrogen-bond acceptors (Lipinski definition) is 5. The fraction of sp³-hybridized carbons (Fsp3) is 0.450. The number of ketones is 1. The number of carboxylic acid groups (broad SMARTS) is 2. The SMILES string of the molecule is O=C(O)/C=C1/CN([C@H](C(=O)C2CC2)c2ccccc2F)CC[C@H]1S.O=C(O)C(F)(F)F. The van der Waals surface area contributed by atoms with E-state index in [1.54, 1.807) is 18.2 Å². The first-order chi connectivity index (χ1) is 14.4. The van der Waals surface area contributed by atoms with Gasteiger partial charge in [-0.25, -0.2) is 14.0 Å². The van der Waals surface area contributed by atoms with Crippen molar-refractivity contribution in [3.05, 3.63) is 47.3 Å². The van der Waals surface area contributed by atoms with E-state index in [-0.39, 0.29) is 17.0 Å². The van der Waals surface area contributed by atoms with Crippen molar-refractivity contribution in [2.24, 2.45) is 5.92 Å². The smallest absolute Gasteiger partial charge is 0.478 e. The van der Waals surface area contributed by atoms with Crippen molar-refractivity contribution >= 4 is 30.4 Å². The molecule has 0 radical (unpaired) electrons. The Labute approximate surface area is 180 Å². The van der Waals surface area contributed by atoms with Crippen molar-refractivity contribution in [1.29, 1.82) is 0 Å². The molecule has 1 aliphatic heterocycles. The molecule has 3 rings (SSSR count). The minimum absolute atomic E-state index is 0.00441. The molecule has 2 N–H and O–H groups in total. The maximum atomic E-state index is 14.3. The summed E-state index contributed by atoms with van der Waals surface area (Å²) in [7, 11) is 0. The Morgan fingerprint density at radius 2 is 1.71 bits per heavy atom. The van der Waals surface area contributed by atoms with Crippen LogP contribution in [0.4, 0.5) is 17.6 Å². The number of rotatable bonds is 5. The minimum Gasteiger partial charge on any atom is -0.478 e. The molecule has 1 aromatic carbocycles. The number of carboxylic acids is 2. The largest absolute Gasteiger partial charge is 0.490 e. The summed E-state index contributed by atoms with van der Waals surface area (Å²) in [6.45, 7) is 0.903. The summed E-state index contributed by atoms with van der Waals surface area (Å²) in [5, 5.41) is 16.0. The molecule has 1 aliphatic carbocycles. The monoisotopic (exact) mass is 463 g/mol. The molecule has 1 saturated carbocycles. The van der Waals surface area contributed by atoms with E-state index in [1.807, 2.05) is 4.90 Å². The second-order valence-corrected chi connectivity index (χ2v) is 7.86. The highest BCUT2D eigenvalue weighted by Gasteiger charge is 2.41. The molecule has 0 spiro atoms. The number of aliphatic carboxylic acids is 2. The maximum Gasteiger partial charge on any atom is 0.490 e. The van der Waals surface area contributed by atoms with E-state index in [0.717, 1.165) is 18.9 Å². The lowest BCUT2D eigenvalue weighted by atomic mass is 9.93. The number of Topliss-reactive ketones (excluding diaryl/α,β-unsaturated/α-hetero) is 1. The zero-order valence-corrected chi connectivity index (χ0v) is 17.1. The molecule has 2 atom stereocenters. The molecule has 0 aromatic heterocycles. The molecule has 31 heavy (non-hydrogen) atoms. The van der Waals surface area contributed by atoms with Gasteiger partial charge in [-0.2, -0.15) is 25.8 Å². The molecule has 1 saturated heterocycles. The van der Waals surface area contributed by atoms with Gasteiger partial charge in [-0.3, -0.25) is 9.69 Å². The predicted molar refractivity (Wildman–Crippen MR) is 105 cm³/mol. The van der Waals surface area contributed by atoms with Gasteiger partial charge in [0.1, 0.15) is 5.82 Å². The molecule has 2 aliphatic rings. The minimum atomic E-state index is -5.08. The molecule has 0 amide bonds. The second-order valence-electron chi connectivity index (χ2n) is 7.24. The van der Waals surface area contributed by atoms with Gasteiger partial charge in [-0.05, 0) is 30.9 Å². The van der Waals surface area contributed by atoms with Gasteiger partial charge in [-0.1, -0.05) is 18.2 Å². The first-order valence-corrected chi connectivity index (χ1v) is 9.87. The lowest BCUT2D eigenvalue weighted by molar-refractivity contribution is -0.192. The molecule has 1 aromatic rings. The van der Waals surface area contributed by atoms with Crippen molar-refractivity contribution in [2.45, 2.75) is 36.7 Å². The Bertz CT molecular complexity index is 869. The average molecular weight is 463 g/mol. The zero-order valence-electron chi connectivity index (χ0n) is 16.2. The van der Waals surface area contributed by atoms with Crippen LogP contribution < -0.4 is 0 Å². The van der Waals surface area contributed by atoms with E-state index in [1.165, 1.54) is 6.07 Å². The summed E-state index contributed by atoms with van der Waals surface area (Å²) in [5.41, 5.74) is 1.03. The summed E-state index contributed by atoms with van der Waals surface area (Å²) >= 11 is 4.44. The third kappa shape index (κ3) is 7.06. The van der Waals surface area contributed by atoms with Crippen molar-refractivity contribution in [1.82, 2.24) is 4.90 Å². The van der Waals surface area contributed by atoms with E-state index in [2.05, 4.69) is 12.6 Å². The first kappa shape index (κ1) is 24.9. The van der Waals surface area contributed by atoms with E-state index in [0.29, 0.717) is 30.6 Å². The molecular formula is C20H21F4NO5S. The topological polar surface area (TPSA) is 94.9 Å². The van der Waals surface area contributed by atoms with Crippen molar-refractivity contribution in [3.8, 4) is 0 Å². The number of carbonyl (C=O) groups is 3. The van der Waals surface area contributed by atoms with Gasteiger partial charge in [-0.15, -0.1) is 0 Å². The van der Waals surface area contributed by atoms with Crippen LogP contribution in [0.1, 0.15) is 30.9 Å². The molecular weight excluding hydrogens is 442 g/mol. The van der Waals surface area contributed by atoms with E-state index < -0.39 is 30.0 Å². The van der Waals surface area contributed by atoms with Crippen molar-refractivity contribution in [2.75, 3.05) is 13.1 Å². The number of likely N-dealkylation sites (tertiary alicyclic amines) is 1. The van der Waals surface area contributed by atoms with Crippen LogP contribution in [0.2, 0.25) is 0 Å². The number of piperidine rings is 1. The fourth-order valence-corrected chi connectivity index (χ4v) is 3.50. The summed E-state index contributed by atoms with van der Waals surface area (Å²) in [5.74, 6) is -4.15. The van der Waals surface area contributed by atoms with Crippen LogP contribution in [0.15, 0.2) is 35.9 Å². The van der Waals surface area contributed by atoms with Crippen LogP contribution in [-0.4, -0.2) is 57.4 Å². The van der Waals surface area contributed by atoms with Gasteiger partial charge in [0, 0.05) is 35.9 Å². The second kappa shape index (κ2) is 10.3. The van der Waals surface area contributed by atoms with E-state index in [4.69, 9.17) is 15.0 Å². The molecule has 0 unspecified atom stereocenters. The maximum absolute atomic E-state index is 14.3. The van der Waals surface area contributed by atoms with Gasteiger partial charge in [0.2, 0.25) is 0 Å². The third-order valence-corrected chi connectivity index (χ3v) is 5.46. The summed E-state index contributed by atoms with van der Waals surface area (Å²) < 4.78 is 46.1. The van der Waals surface area contributed by atoms with Gasteiger partial charge in [0.25, 0.3) is 0 Å². The van der Waals surface area contributed by atoms with Gasteiger partial charge in [0.05, 0.1) is 6.04 Å². The molecule has 0 bridgehead atoms. The van der Waals surface area contributed by atoms with Crippen LogP contribution >= 0.6 is 12.6 Å². The van der Waals surface area contributed by atoms with Crippen LogP contribution in [0.25, 0.3) is 0 Å². The standard InChI is InChI=1S/C18H20FNO3S.C2HF3O2/c19-14-4-2-1-3-13(14)17(18(23)11-5-6-11)20-8-7-15(24)12(10-20)9-16(21)22;3-2(4,5)1(6)7/h1-4,9,11,15,17,24H,5-8,10H2,(H,21,22);(H,6,7)/b12-9-;/t15-,17+;/m1./s1. The van der Waals surface area contributed by atoms with Gasteiger partial charge >= 0.3 is 18.1 Å². The Morgan fingerprint density at radius 3 is 2.19 bits per heavy atom. The van der Waals surface area contributed by atoms with Gasteiger partial charge in [0.15, 0.2) is 5.78 Å².